The Bertz CT molecular complexity index is 725. The molecule has 1 aliphatic rings. The van der Waals surface area contributed by atoms with Gasteiger partial charge in [-0.25, -0.2) is 4.39 Å². The molecule has 1 amide bonds. The summed E-state index contributed by atoms with van der Waals surface area (Å²) < 4.78 is 15.1. The number of amides is 1. The van der Waals surface area contributed by atoms with E-state index in [1.165, 1.54) is 12.1 Å². The standard InChI is InChI=1S/C17H22FN5O.ClH/c1-12(24)23-10-8-13(9-11-23)16-19-20-17(22(16)3)21(2)15-6-4-14(18)5-7-15;/h4-7,13H,8-11H2,1-3H3;1H. The Morgan fingerprint density at radius 3 is 2.36 bits per heavy atom. The smallest absolute Gasteiger partial charge is 0.231 e. The van der Waals surface area contributed by atoms with Crippen molar-refractivity contribution < 1.29 is 9.18 Å². The molecule has 1 aromatic carbocycles. The summed E-state index contributed by atoms with van der Waals surface area (Å²) in [5, 5.41) is 8.68. The molecule has 1 saturated heterocycles. The van der Waals surface area contributed by atoms with E-state index in [0.717, 1.165) is 37.4 Å². The summed E-state index contributed by atoms with van der Waals surface area (Å²) in [4.78, 5) is 15.2. The fourth-order valence-corrected chi connectivity index (χ4v) is 3.21. The maximum atomic E-state index is 13.1. The first-order chi connectivity index (χ1) is 11.5. The van der Waals surface area contributed by atoms with Crippen molar-refractivity contribution in [2.75, 3.05) is 25.0 Å². The third kappa shape index (κ3) is 3.92. The van der Waals surface area contributed by atoms with Crippen molar-refractivity contribution in [1.29, 1.82) is 0 Å². The quantitative estimate of drug-likeness (QED) is 0.837. The Labute approximate surface area is 153 Å². The van der Waals surface area contributed by atoms with Crippen molar-refractivity contribution in [2.24, 2.45) is 7.05 Å². The van der Waals surface area contributed by atoms with E-state index in [1.54, 1.807) is 19.1 Å². The Hall–Kier alpha value is -2.15. The zero-order chi connectivity index (χ0) is 17.3. The van der Waals surface area contributed by atoms with E-state index in [4.69, 9.17) is 0 Å². The van der Waals surface area contributed by atoms with Gasteiger partial charge in [-0.05, 0) is 37.1 Å². The average Bonchev–Trinajstić information content (AvgIpc) is 2.96. The van der Waals surface area contributed by atoms with Crippen LogP contribution >= 0.6 is 12.4 Å². The first-order valence-electron chi connectivity index (χ1n) is 8.11. The van der Waals surface area contributed by atoms with Gasteiger partial charge in [0.05, 0.1) is 0 Å². The number of aromatic nitrogens is 3. The van der Waals surface area contributed by atoms with Crippen LogP contribution in [0.2, 0.25) is 0 Å². The van der Waals surface area contributed by atoms with Gasteiger partial charge in [0, 0.05) is 45.7 Å². The summed E-state index contributed by atoms with van der Waals surface area (Å²) in [6, 6.07) is 6.30. The third-order valence-corrected chi connectivity index (χ3v) is 4.70. The molecular formula is C17H23ClFN5O. The molecule has 0 radical (unpaired) electrons. The molecule has 8 heteroatoms. The fourth-order valence-electron chi connectivity index (χ4n) is 3.21. The molecule has 0 bridgehead atoms. The van der Waals surface area contributed by atoms with E-state index in [1.807, 2.05) is 28.5 Å². The van der Waals surface area contributed by atoms with Crippen LogP contribution in [0.3, 0.4) is 0 Å². The van der Waals surface area contributed by atoms with Gasteiger partial charge in [-0.15, -0.1) is 22.6 Å². The van der Waals surface area contributed by atoms with E-state index in [9.17, 15) is 9.18 Å². The molecule has 0 atom stereocenters. The summed E-state index contributed by atoms with van der Waals surface area (Å²) in [5.74, 6) is 1.81. The van der Waals surface area contributed by atoms with E-state index >= 15 is 0 Å². The molecule has 25 heavy (non-hydrogen) atoms. The molecule has 1 aliphatic heterocycles. The zero-order valence-corrected chi connectivity index (χ0v) is 15.5. The minimum absolute atomic E-state index is 0. The molecule has 0 N–H and O–H groups in total. The zero-order valence-electron chi connectivity index (χ0n) is 14.6. The van der Waals surface area contributed by atoms with Crippen molar-refractivity contribution in [3.8, 4) is 0 Å². The second-order valence-corrected chi connectivity index (χ2v) is 6.23. The summed E-state index contributed by atoms with van der Waals surface area (Å²) in [6.07, 6.45) is 1.79. The minimum Gasteiger partial charge on any atom is -0.343 e. The second-order valence-electron chi connectivity index (χ2n) is 6.23. The van der Waals surface area contributed by atoms with Gasteiger partial charge < -0.3 is 9.80 Å². The molecule has 1 fully saturated rings. The summed E-state index contributed by atoms with van der Waals surface area (Å²) in [6.45, 7) is 3.13. The lowest BCUT2D eigenvalue weighted by molar-refractivity contribution is -0.129. The Morgan fingerprint density at radius 1 is 1.20 bits per heavy atom. The lowest BCUT2D eigenvalue weighted by Gasteiger charge is -2.30. The van der Waals surface area contributed by atoms with Crippen LogP contribution in [0.1, 0.15) is 31.5 Å². The molecular weight excluding hydrogens is 345 g/mol. The number of carbonyl (C=O) groups excluding carboxylic acids is 1. The number of hydrogen-bond donors (Lipinski definition) is 0. The Kier molecular flexibility index (Phi) is 6.00. The van der Waals surface area contributed by atoms with Crippen molar-refractivity contribution >= 4 is 29.9 Å². The van der Waals surface area contributed by atoms with Crippen molar-refractivity contribution in [3.63, 3.8) is 0 Å². The number of carbonyl (C=O) groups is 1. The van der Waals surface area contributed by atoms with Crippen molar-refractivity contribution in [1.82, 2.24) is 19.7 Å². The van der Waals surface area contributed by atoms with Crippen molar-refractivity contribution in [2.45, 2.75) is 25.7 Å². The van der Waals surface area contributed by atoms with Crippen LogP contribution in [0, 0.1) is 5.82 Å². The van der Waals surface area contributed by atoms with Gasteiger partial charge in [-0.2, -0.15) is 0 Å². The summed E-state index contributed by atoms with van der Waals surface area (Å²) in [5.41, 5.74) is 0.852. The second kappa shape index (κ2) is 7.82. The van der Waals surface area contributed by atoms with Crippen LogP contribution in [-0.4, -0.2) is 45.7 Å². The van der Waals surface area contributed by atoms with Gasteiger partial charge in [-0.3, -0.25) is 9.36 Å². The fraction of sp³-hybridized carbons (Fsp3) is 0.471. The summed E-state index contributed by atoms with van der Waals surface area (Å²) in [7, 11) is 3.83. The highest BCUT2D eigenvalue weighted by atomic mass is 35.5. The first-order valence-corrected chi connectivity index (χ1v) is 8.11. The number of piperidine rings is 1. The Morgan fingerprint density at radius 2 is 1.80 bits per heavy atom. The number of likely N-dealkylation sites (tertiary alicyclic amines) is 1. The largest absolute Gasteiger partial charge is 0.343 e. The SMILES string of the molecule is CC(=O)N1CCC(c2nnc(N(C)c3ccc(F)cc3)n2C)CC1.Cl. The highest BCUT2D eigenvalue weighted by Crippen LogP contribution is 2.30. The van der Waals surface area contributed by atoms with Gasteiger partial charge in [0.25, 0.3) is 0 Å². The van der Waals surface area contributed by atoms with Gasteiger partial charge in [-0.1, -0.05) is 0 Å². The van der Waals surface area contributed by atoms with E-state index in [0.29, 0.717) is 11.9 Å². The van der Waals surface area contributed by atoms with Gasteiger partial charge >= 0.3 is 0 Å². The molecule has 0 aliphatic carbocycles. The number of rotatable bonds is 3. The third-order valence-electron chi connectivity index (χ3n) is 4.70. The number of benzene rings is 1. The van der Waals surface area contributed by atoms with E-state index in [-0.39, 0.29) is 24.1 Å². The molecule has 0 spiro atoms. The monoisotopic (exact) mass is 367 g/mol. The molecule has 2 heterocycles. The number of halogens is 2. The van der Waals surface area contributed by atoms with Crippen LogP contribution in [-0.2, 0) is 11.8 Å². The molecule has 1 aromatic heterocycles. The van der Waals surface area contributed by atoms with Crippen LogP contribution in [0.5, 0.6) is 0 Å². The maximum absolute atomic E-state index is 13.1. The molecule has 0 unspecified atom stereocenters. The first kappa shape index (κ1) is 19.2. The van der Waals surface area contributed by atoms with E-state index < -0.39 is 0 Å². The van der Waals surface area contributed by atoms with Gasteiger partial charge in [0.2, 0.25) is 11.9 Å². The van der Waals surface area contributed by atoms with Crippen LogP contribution in [0.25, 0.3) is 0 Å². The molecule has 0 saturated carbocycles. The van der Waals surface area contributed by atoms with Gasteiger partial charge in [0.15, 0.2) is 0 Å². The van der Waals surface area contributed by atoms with Crippen LogP contribution in [0.15, 0.2) is 24.3 Å². The molecule has 6 nitrogen and oxygen atoms in total. The van der Waals surface area contributed by atoms with Crippen LogP contribution in [0.4, 0.5) is 16.0 Å². The van der Waals surface area contributed by atoms with Crippen molar-refractivity contribution in [3.05, 3.63) is 35.9 Å². The average molecular weight is 368 g/mol. The highest BCUT2D eigenvalue weighted by molar-refractivity contribution is 5.85. The molecule has 2 aromatic rings. The minimum atomic E-state index is -0.261. The van der Waals surface area contributed by atoms with Crippen LogP contribution < -0.4 is 4.90 Å². The van der Waals surface area contributed by atoms with E-state index in [2.05, 4.69) is 10.2 Å². The number of anilines is 2. The molecule has 136 valence electrons. The Balaban J connectivity index is 0.00000225. The highest BCUT2D eigenvalue weighted by Gasteiger charge is 2.26. The normalized spacial score (nSPS) is 15.0. The number of hydrogen-bond acceptors (Lipinski definition) is 4. The lowest BCUT2D eigenvalue weighted by Crippen LogP contribution is -2.36. The molecule has 3 rings (SSSR count). The number of nitrogens with zero attached hydrogens (tertiary/aromatic N) is 5. The maximum Gasteiger partial charge on any atom is 0.231 e. The predicted octanol–water partition coefficient (Wildman–Crippen LogP) is 2.87. The predicted molar refractivity (Wildman–Crippen MR) is 96.9 cm³/mol. The topological polar surface area (TPSA) is 54.3 Å². The lowest BCUT2D eigenvalue weighted by atomic mass is 9.96. The summed E-state index contributed by atoms with van der Waals surface area (Å²) >= 11 is 0. The van der Waals surface area contributed by atoms with Gasteiger partial charge in [0.1, 0.15) is 11.6 Å².